The molecule has 16 heavy (non-hydrogen) atoms. The van der Waals surface area contributed by atoms with E-state index >= 15 is 0 Å². The van der Waals surface area contributed by atoms with Gasteiger partial charge in [-0.3, -0.25) is 0 Å². The maximum Gasteiger partial charge on any atom is 0.156 e. The lowest BCUT2D eigenvalue weighted by atomic mass is 9.96. The fourth-order valence-electron chi connectivity index (χ4n) is 1.29. The molecule has 4 heteroatoms. The van der Waals surface area contributed by atoms with E-state index in [1.54, 1.807) is 20.8 Å². The smallest absolute Gasteiger partial charge is 0.156 e. The summed E-state index contributed by atoms with van der Waals surface area (Å²) in [5.74, 6) is 0.214. The Balaban J connectivity index is 4.29. The lowest BCUT2D eigenvalue weighted by Gasteiger charge is -2.29. The third-order valence-corrected chi connectivity index (χ3v) is 6.02. The summed E-state index contributed by atoms with van der Waals surface area (Å²) in [6.07, 6.45) is 2.03. The Kier molecular flexibility index (Phi) is 5.47. The Morgan fingerprint density at radius 1 is 1.00 bits per heavy atom. The molecule has 0 bridgehead atoms. The zero-order valence-corrected chi connectivity index (χ0v) is 12.4. The van der Waals surface area contributed by atoms with E-state index in [-0.39, 0.29) is 11.3 Å². The van der Waals surface area contributed by atoms with E-state index in [0.717, 1.165) is 12.8 Å². The van der Waals surface area contributed by atoms with E-state index in [0.29, 0.717) is 6.54 Å². The molecule has 98 valence electrons. The monoisotopic (exact) mass is 249 g/mol. The van der Waals surface area contributed by atoms with Gasteiger partial charge in [0.1, 0.15) is 0 Å². The summed E-state index contributed by atoms with van der Waals surface area (Å²) in [5.41, 5.74) is 0.0629. The molecule has 0 aromatic rings. The molecule has 0 saturated carbocycles. The Morgan fingerprint density at radius 3 is 1.75 bits per heavy atom. The standard InChI is InChI=1S/C12H27NO2S/c1-7-12(6,8-2)13-9-10-16(14,15)11(3,4)5/h13H,7-10H2,1-6H3. The summed E-state index contributed by atoms with van der Waals surface area (Å²) in [6, 6.07) is 0. The van der Waals surface area contributed by atoms with Crippen molar-refractivity contribution in [1.82, 2.24) is 5.32 Å². The van der Waals surface area contributed by atoms with Crippen LogP contribution in [0.4, 0.5) is 0 Å². The van der Waals surface area contributed by atoms with Crippen LogP contribution in [0.2, 0.25) is 0 Å². The highest BCUT2D eigenvalue weighted by atomic mass is 32.2. The molecule has 3 nitrogen and oxygen atoms in total. The number of sulfone groups is 1. The van der Waals surface area contributed by atoms with Gasteiger partial charge in [0.05, 0.1) is 10.5 Å². The minimum Gasteiger partial charge on any atom is -0.311 e. The summed E-state index contributed by atoms with van der Waals surface area (Å²) in [5, 5.41) is 3.34. The second-order valence-electron chi connectivity index (χ2n) is 5.63. The fraction of sp³-hybridized carbons (Fsp3) is 1.00. The molecule has 0 aromatic carbocycles. The Hall–Kier alpha value is -0.0900. The van der Waals surface area contributed by atoms with Gasteiger partial charge in [0.25, 0.3) is 0 Å². The van der Waals surface area contributed by atoms with E-state index in [1.165, 1.54) is 0 Å². The first-order valence-corrected chi connectivity index (χ1v) is 7.70. The topological polar surface area (TPSA) is 46.2 Å². The lowest BCUT2D eigenvalue weighted by molar-refractivity contribution is 0.340. The number of hydrogen-bond donors (Lipinski definition) is 1. The molecule has 0 aliphatic heterocycles. The summed E-state index contributed by atoms with van der Waals surface area (Å²) in [7, 11) is -3.00. The molecular formula is C12H27NO2S. The van der Waals surface area contributed by atoms with E-state index < -0.39 is 14.6 Å². The van der Waals surface area contributed by atoms with Crippen molar-refractivity contribution in [1.29, 1.82) is 0 Å². The van der Waals surface area contributed by atoms with Gasteiger partial charge in [-0.15, -0.1) is 0 Å². The van der Waals surface area contributed by atoms with Gasteiger partial charge in [-0.1, -0.05) is 13.8 Å². The van der Waals surface area contributed by atoms with Gasteiger partial charge in [-0.2, -0.15) is 0 Å². The van der Waals surface area contributed by atoms with E-state index in [4.69, 9.17) is 0 Å². The van der Waals surface area contributed by atoms with Crippen LogP contribution in [0.1, 0.15) is 54.4 Å². The van der Waals surface area contributed by atoms with Crippen LogP contribution < -0.4 is 5.32 Å². The Bertz CT molecular complexity index is 297. The zero-order valence-electron chi connectivity index (χ0n) is 11.6. The molecule has 0 fully saturated rings. The van der Waals surface area contributed by atoms with Crippen LogP contribution in [-0.2, 0) is 9.84 Å². The molecule has 0 aliphatic rings. The van der Waals surface area contributed by atoms with Gasteiger partial charge in [0.15, 0.2) is 9.84 Å². The van der Waals surface area contributed by atoms with Crippen LogP contribution in [0.25, 0.3) is 0 Å². The first kappa shape index (κ1) is 15.9. The van der Waals surface area contributed by atoms with Crippen LogP contribution in [0.15, 0.2) is 0 Å². The quantitative estimate of drug-likeness (QED) is 0.786. The van der Waals surface area contributed by atoms with Gasteiger partial charge in [-0.05, 0) is 40.5 Å². The third kappa shape index (κ3) is 4.42. The van der Waals surface area contributed by atoms with Crippen molar-refractivity contribution < 1.29 is 8.42 Å². The summed E-state index contributed by atoms with van der Waals surface area (Å²) >= 11 is 0. The Labute approximate surface area is 101 Å². The molecule has 0 unspecified atom stereocenters. The predicted molar refractivity (Wildman–Crippen MR) is 70.5 cm³/mol. The molecule has 0 aromatic heterocycles. The molecule has 0 atom stereocenters. The minimum atomic E-state index is -3.00. The van der Waals surface area contributed by atoms with Crippen molar-refractivity contribution in [2.75, 3.05) is 12.3 Å². The molecule has 0 amide bonds. The van der Waals surface area contributed by atoms with Crippen molar-refractivity contribution >= 4 is 9.84 Å². The van der Waals surface area contributed by atoms with Crippen molar-refractivity contribution in [3.63, 3.8) is 0 Å². The highest BCUT2D eigenvalue weighted by Gasteiger charge is 2.29. The van der Waals surface area contributed by atoms with Crippen molar-refractivity contribution in [2.24, 2.45) is 0 Å². The van der Waals surface area contributed by atoms with Gasteiger partial charge in [0.2, 0.25) is 0 Å². The summed E-state index contributed by atoms with van der Waals surface area (Å²) < 4.78 is 23.1. The average Bonchev–Trinajstić information content (AvgIpc) is 2.15. The molecular weight excluding hydrogens is 222 g/mol. The first-order chi connectivity index (χ1) is 7.08. The van der Waals surface area contributed by atoms with Crippen LogP contribution in [-0.4, -0.2) is 31.0 Å². The SMILES string of the molecule is CCC(C)(CC)NCCS(=O)(=O)C(C)(C)C. The second kappa shape index (κ2) is 5.50. The zero-order chi connectivity index (χ0) is 13.0. The highest BCUT2D eigenvalue weighted by molar-refractivity contribution is 7.92. The number of nitrogens with one attached hydrogen (secondary N) is 1. The molecule has 0 heterocycles. The van der Waals surface area contributed by atoms with Gasteiger partial charge in [-0.25, -0.2) is 8.42 Å². The maximum atomic E-state index is 11.9. The van der Waals surface area contributed by atoms with E-state index in [1.807, 2.05) is 0 Å². The minimum absolute atomic E-state index is 0.0629. The van der Waals surface area contributed by atoms with Crippen molar-refractivity contribution in [3.8, 4) is 0 Å². The van der Waals surface area contributed by atoms with E-state index in [9.17, 15) is 8.42 Å². The maximum absolute atomic E-state index is 11.9. The molecule has 0 spiro atoms. The predicted octanol–water partition coefficient (Wildman–Crippen LogP) is 2.37. The second-order valence-corrected chi connectivity index (χ2v) is 8.49. The van der Waals surface area contributed by atoms with Gasteiger partial charge < -0.3 is 5.32 Å². The molecule has 0 radical (unpaired) electrons. The summed E-state index contributed by atoms with van der Waals surface area (Å²) in [4.78, 5) is 0. The summed E-state index contributed by atoms with van der Waals surface area (Å²) in [6.45, 7) is 12.2. The molecule has 0 saturated heterocycles. The van der Waals surface area contributed by atoms with Crippen LogP contribution in [0.3, 0.4) is 0 Å². The largest absolute Gasteiger partial charge is 0.311 e. The van der Waals surface area contributed by atoms with Gasteiger partial charge in [0, 0.05) is 12.1 Å². The van der Waals surface area contributed by atoms with Crippen molar-refractivity contribution in [3.05, 3.63) is 0 Å². The Morgan fingerprint density at radius 2 is 1.44 bits per heavy atom. The lowest BCUT2D eigenvalue weighted by Crippen LogP contribution is -2.45. The average molecular weight is 249 g/mol. The fourth-order valence-corrected chi connectivity index (χ4v) is 2.28. The van der Waals surface area contributed by atoms with Crippen molar-refractivity contribution in [2.45, 2.75) is 64.7 Å². The normalized spacial score (nSPS) is 14.1. The van der Waals surface area contributed by atoms with Crippen LogP contribution >= 0.6 is 0 Å². The number of rotatable bonds is 6. The molecule has 0 aliphatic carbocycles. The number of hydrogen-bond acceptors (Lipinski definition) is 3. The van der Waals surface area contributed by atoms with Gasteiger partial charge >= 0.3 is 0 Å². The first-order valence-electron chi connectivity index (χ1n) is 6.05. The highest BCUT2D eigenvalue weighted by Crippen LogP contribution is 2.17. The van der Waals surface area contributed by atoms with E-state index in [2.05, 4.69) is 26.1 Å². The third-order valence-electron chi connectivity index (χ3n) is 3.42. The van der Waals surface area contributed by atoms with Crippen LogP contribution in [0, 0.1) is 0 Å². The molecule has 1 N–H and O–H groups in total. The molecule has 0 rings (SSSR count). The van der Waals surface area contributed by atoms with Crippen LogP contribution in [0.5, 0.6) is 0 Å².